The second-order valence-corrected chi connectivity index (χ2v) is 7.09. The van der Waals surface area contributed by atoms with Gasteiger partial charge in [0.25, 0.3) is 0 Å². The number of hydrogen-bond donors (Lipinski definition) is 0. The van der Waals surface area contributed by atoms with Crippen molar-refractivity contribution in [3.05, 3.63) is 87.9 Å². The Morgan fingerprint density at radius 1 is 1.10 bits per heavy atom. The lowest BCUT2D eigenvalue weighted by atomic mass is 10.0. The highest BCUT2D eigenvalue weighted by Crippen LogP contribution is 2.30. The Morgan fingerprint density at radius 3 is 2.52 bits per heavy atom. The zero-order valence-corrected chi connectivity index (χ0v) is 18.2. The minimum Gasteiger partial charge on any atom is -0.489 e. The first kappa shape index (κ1) is 22.4. The Labute approximate surface area is 176 Å². The maximum atomic E-state index is 12.1. The van der Waals surface area contributed by atoms with Crippen LogP contribution in [0.1, 0.15) is 41.8 Å². The largest absolute Gasteiger partial charge is 0.489 e. The zero-order chi connectivity index (χ0) is 21.1. The molecule has 0 saturated carbocycles. The van der Waals surface area contributed by atoms with Crippen molar-refractivity contribution in [2.45, 2.75) is 34.3 Å². The molecule has 0 atom stereocenters. The van der Waals surface area contributed by atoms with E-state index >= 15 is 0 Å². The first-order valence-corrected chi connectivity index (χ1v) is 10.6. The van der Waals surface area contributed by atoms with Gasteiger partial charge in [-0.2, -0.15) is 0 Å². The van der Waals surface area contributed by atoms with Gasteiger partial charge >= 0.3 is 5.97 Å². The fourth-order valence-electron chi connectivity index (χ4n) is 2.58. The van der Waals surface area contributed by atoms with Gasteiger partial charge in [0.15, 0.2) is 0 Å². The maximum absolute atomic E-state index is 12.1. The van der Waals surface area contributed by atoms with Crippen molar-refractivity contribution in [2.24, 2.45) is 0 Å². The van der Waals surface area contributed by atoms with Gasteiger partial charge in [0.1, 0.15) is 12.4 Å². The minimum absolute atomic E-state index is 0.338. The molecule has 0 amide bonds. The first-order valence-electron chi connectivity index (χ1n) is 9.74. The maximum Gasteiger partial charge on any atom is 0.331 e. The lowest BCUT2D eigenvalue weighted by molar-refractivity contribution is -0.137. The number of aromatic nitrogens is 1. The van der Waals surface area contributed by atoms with E-state index < -0.39 is 0 Å². The fourth-order valence-corrected chi connectivity index (χ4v) is 3.39. The summed E-state index contributed by atoms with van der Waals surface area (Å²) in [5, 5.41) is 0.941. The average molecular weight is 410 g/mol. The molecule has 0 aliphatic carbocycles. The molecule has 0 unspecified atom stereocenters. The third-order valence-corrected chi connectivity index (χ3v) is 4.77. The number of nitrogens with zero attached hydrogens (tertiary/aromatic N) is 1. The van der Waals surface area contributed by atoms with Crippen molar-refractivity contribution in [1.29, 1.82) is 0 Å². The van der Waals surface area contributed by atoms with Gasteiger partial charge in [-0.15, -0.1) is 11.3 Å². The van der Waals surface area contributed by atoms with E-state index in [-0.39, 0.29) is 5.97 Å². The van der Waals surface area contributed by atoms with Crippen LogP contribution in [0.2, 0.25) is 0 Å². The van der Waals surface area contributed by atoms with Gasteiger partial charge in [-0.1, -0.05) is 56.3 Å². The highest BCUT2D eigenvalue weighted by Gasteiger charge is 2.12. The third-order valence-electron chi connectivity index (χ3n) is 3.83. The average Bonchev–Trinajstić information content (AvgIpc) is 3.19. The molecule has 1 aromatic heterocycles. The van der Waals surface area contributed by atoms with E-state index in [9.17, 15) is 4.79 Å². The molecule has 2 aromatic carbocycles. The van der Waals surface area contributed by atoms with Crippen LogP contribution < -0.4 is 4.74 Å². The topological polar surface area (TPSA) is 48.4 Å². The number of hydrogen-bond acceptors (Lipinski definition) is 5. The van der Waals surface area contributed by atoms with E-state index in [0.717, 1.165) is 32.3 Å². The van der Waals surface area contributed by atoms with Crippen LogP contribution in [-0.4, -0.2) is 17.6 Å². The molecular weight excluding hydrogens is 382 g/mol. The van der Waals surface area contributed by atoms with Crippen LogP contribution in [0.25, 0.3) is 5.57 Å². The molecule has 5 heteroatoms. The second-order valence-electron chi connectivity index (χ2n) is 5.86. The van der Waals surface area contributed by atoms with Crippen molar-refractivity contribution >= 4 is 22.9 Å². The van der Waals surface area contributed by atoms with Crippen LogP contribution in [0.4, 0.5) is 0 Å². The van der Waals surface area contributed by atoms with Crippen molar-refractivity contribution in [3.63, 3.8) is 0 Å². The summed E-state index contributed by atoms with van der Waals surface area (Å²) in [6, 6.07) is 17.7. The van der Waals surface area contributed by atoms with Gasteiger partial charge in [-0.05, 0) is 37.1 Å². The highest BCUT2D eigenvalue weighted by molar-refractivity contribution is 7.12. The summed E-state index contributed by atoms with van der Waals surface area (Å²) in [4.78, 5) is 17.3. The SMILES string of the molecule is CC.CCOC(=O)/C=C(/c1cccc(OCc2ccccc2)c1)c1cnc(C)s1. The molecule has 0 aliphatic heterocycles. The van der Waals surface area contributed by atoms with Gasteiger partial charge in [0, 0.05) is 17.8 Å². The van der Waals surface area contributed by atoms with Crippen molar-refractivity contribution in [1.82, 2.24) is 4.98 Å². The Bertz CT molecular complexity index is 932. The molecule has 0 N–H and O–H groups in total. The molecule has 1 heterocycles. The molecule has 0 aliphatic rings. The lowest BCUT2D eigenvalue weighted by Crippen LogP contribution is -2.01. The molecule has 3 aromatic rings. The zero-order valence-electron chi connectivity index (χ0n) is 17.3. The molecule has 0 radical (unpaired) electrons. The van der Waals surface area contributed by atoms with Crippen LogP contribution >= 0.6 is 11.3 Å². The minimum atomic E-state index is -0.367. The van der Waals surface area contributed by atoms with E-state index in [2.05, 4.69) is 4.98 Å². The van der Waals surface area contributed by atoms with Crippen molar-refractivity contribution < 1.29 is 14.3 Å². The molecule has 0 spiro atoms. The van der Waals surface area contributed by atoms with E-state index in [1.54, 1.807) is 13.1 Å². The Kier molecular flexibility index (Phi) is 9.12. The first-order chi connectivity index (χ1) is 14.2. The molecule has 0 bridgehead atoms. The number of esters is 1. The van der Waals surface area contributed by atoms with Crippen LogP contribution in [0, 0.1) is 6.92 Å². The standard InChI is InChI=1S/C22H21NO3S.C2H6/c1-3-25-22(24)13-20(21-14-23-16(2)27-21)18-10-7-11-19(12-18)26-15-17-8-5-4-6-9-17;1-2/h4-14H,3,15H2,1-2H3;1-2H3/b20-13-;. The summed E-state index contributed by atoms with van der Waals surface area (Å²) in [6.45, 7) is 8.56. The van der Waals surface area contributed by atoms with Crippen LogP contribution in [0.5, 0.6) is 5.75 Å². The molecule has 0 saturated heterocycles. The summed E-state index contributed by atoms with van der Waals surface area (Å²) in [6.07, 6.45) is 3.30. The summed E-state index contributed by atoms with van der Waals surface area (Å²) in [7, 11) is 0. The molecule has 4 nitrogen and oxygen atoms in total. The summed E-state index contributed by atoms with van der Waals surface area (Å²) in [5.41, 5.74) is 2.77. The van der Waals surface area contributed by atoms with Gasteiger partial charge in [0.2, 0.25) is 0 Å². The van der Waals surface area contributed by atoms with E-state index in [1.165, 1.54) is 17.4 Å². The van der Waals surface area contributed by atoms with Crippen LogP contribution in [0.3, 0.4) is 0 Å². The number of ether oxygens (including phenoxy) is 2. The molecule has 152 valence electrons. The van der Waals surface area contributed by atoms with Gasteiger partial charge in [0.05, 0.1) is 16.5 Å². The van der Waals surface area contributed by atoms with Crippen LogP contribution in [0.15, 0.2) is 66.9 Å². The second kappa shape index (κ2) is 11.8. The monoisotopic (exact) mass is 409 g/mol. The quantitative estimate of drug-likeness (QED) is 0.352. The molecule has 3 rings (SSSR count). The van der Waals surface area contributed by atoms with Crippen molar-refractivity contribution in [3.8, 4) is 5.75 Å². The van der Waals surface area contributed by atoms with Gasteiger partial charge in [-0.25, -0.2) is 9.78 Å². The Hall–Kier alpha value is -2.92. The fraction of sp³-hybridized carbons (Fsp3) is 0.250. The number of carbonyl (C=O) groups is 1. The van der Waals surface area contributed by atoms with E-state index in [0.29, 0.717) is 13.2 Å². The highest BCUT2D eigenvalue weighted by atomic mass is 32.1. The van der Waals surface area contributed by atoms with E-state index in [1.807, 2.05) is 75.4 Å². The summed E-state index contributed by atoms with van der Waals surface area (Å²) in [5.74, 6) is 0.376. The predicted molar refractivity (Wildman–Crippen MR) is 119 cm³/mol. The number of thiazole rings is 1. The Balaban J connectivity index is 0.00000145. The van der Waals surface area contributed by atoms with Gasteiger partial charge in [-0.3, -0.25) is 0 Å². The smallest absolute Gasteiger partial charge is 0.331 e. The van der Waals surface area contributed by atoms with Gasteiger partial charge < -0.3 is 9.47 Å². The summed E-state index contributed by atoms with van der Waals surface area (Å²) >= 11 is 1.54. The number of aryl methyl sites for hydroxylation is 1. The predicted octanol–water partition coefficient (Wildman–Crippen LogP) is 6.05. The molecule has 0 fully saturated rings. The number of carbonyl (C=O) groups excluding carboxylic acids is 1. The third kappa shape index (κ3) is 6.88. The number of benzene rings is 2. The number of rotatable bonds is 7. The van der Waals surface area contributed by atoms with E-state index in [4.69, 9.17) is 9.47 Å². The Morgan fingerprint density at radius 2 is 1.86 bits per heavy atom. The lowest BCUT2D eigenvalue weighted by Gasteiger charge is -2.10. The molecular formula is C24H27NO3S. The molecule has 29 heavy (non-hydrogen) atoms. The van der Waals surface area contributed by atoms with Crippen LogP contribution in [-0.2, 0) is 16.1 Å². The normalized spacial score (nSPS) is 10.7. The van der Waals surface area contributed by atoms with Crippen molar-refractivity contribution in [2.75, 3.05) is 6.61 Å². The summed E-state index contributed by atoms with van der Waals surface area (Å²) < 4.78 is 11.0.